The zero-order chi connectivity index (χ0) is 9.97. The molecule has 0 aliphatic carbocycles. The molecule has 76 valence electrons. The molecule has 1 aliphatic heterocycles. The van der Waals surface area contributed by atoms with Crippen LogP contribution in [0, 0.1) is 0 Å². The predicted octanol–water partition coefficient (Wildman–Crippen LogP) is 0.745. The van der Waals surface area contributed by atoms with Crippen LogP contribution in [-0.2, 0) is 10.9 Å². The average molecular weight is 212 g/mol. The molecule has 2 heterocycles. The molecule has 0 saturated carbocycles. The lowest BCUT2D eigenvalue weighted by molar-refractivity contribution is 0.410. The Morgan fingerprint density at radius 3 is 2.71 bits per heavy atom. The second-order valence-electron chi connectivity index (χ2n) is 3.34. The standard InChI is InChI=1S/C9H12N2O2S/c12-14(13)11-7-1-2-9(11)8-3-5-10-6-4-8/h3-6,9,14H,1-2,7H2/t9-/m1/s1. The first-order chi connectivity index (χ1) is 6.79. The summed E-state index contributed by atoms with van der Waals surface area (Å²) in [5, 5.41) is 0. The first-order valence-electron chi connectivity index (χ1n) is 4.60. The van der Waals surface area contributed by atoms with E-state index in [1.54, 1.807) is 12.4 Å². The normalized spacial score (nSPS) is 23.1. The molecule has 1 saturated heterocycles. The molecule has 0 unspecified atom stereocenters. The van der Waals surface area contributed by atoms with Gasteiger partial charge in [-0.25, -0.2) is 8.42 Å². The van der Waals surface area contributed by atoms with Gasteiger partial charge in [0.25, 0.3) is 0 Å². The van der Waals surface area contributed by atoms with Crippen LogP contribution in [0.4, 0.5) is 0 Å². The lowest BCUT2D eigenvalue weighted by Crippen LogP contribution is -2.21. The third-order valence-corrected chi connectivity index (χ3v) is 3.42. The van der Waals surface area contributed by atoms with Crippen molar-refractivity contribution in [2.45, 2.75) is 18.9 Å². The maximum Gasteiger partial charge on any atom is 0.204 e. The number of nitrogens with zero attached hydrogens (tertiary/aromatic N) is 2. The summed E-state index contributed by atoms with van der Waals surface area (Å²) < 4.78 is 23.4. The van der Waals surface area contributed by atoms with Crippen LogP contribution in [0.3, 0.4) is 0 Å². The minimum absolute atomic E-state index is 0.0270. The Hall–Kier alpha value is -0.940. The van der Waals surface area contributed by atoms with Gasteiger partial charge in [0, 0.05) is 25.0 Å². The summed E-state index contributed by atoms with van der Waals surface area (Å²) in [6.45, 7) is 0.645. The van der Waals surface area contributed by atoms with Crippen LogP contribution in [0.2, 0.25) is 0 Å². The number of thiol groups is 1. The molecule has 1 aliphatic rings. The van der Waals surface area contributed by atoms with Crippen LogP contribution in [0.25, 0.3) is 0 Å². The highest BCUT2D eigenvalue weighted by Gasteiger charge is 2.27. The molecule has 0 spiro atoms. The van der Waals surface area contributed by atoms with Crippen molar-refractivity contribution in [2.24, 2.45) is 0 Å². The van der Waals surface area contributed by atoms with Gasteiger partial charge in [-0.05, 0) is 30.5 Å². The van der Waals surface area contributed by atoms with Crippen LogP contribution in [0.1, 0.15) is 24.4 Å². The first-order valence-corrected chi connectivity index (χ1v) is 5.73. The number of hydrogen-bond acceptors (Lipinski definition) is 3. The predicted molar refractivity (Wildman–Crippen MR) is 53.2 cm³/mol. The van der Waals surface area contributed by atoms with Gasteiger partial charge < -0.3 is 0 Å². The van der Waals surface area contributed by atoms with Crippen molar-refractivity contribution in [3.05, 3.63) is 30.1 Å². The Morgan fingerprint density at radius 2 is 2.07 bits per heavy atom. The van der Waals surface area contributed by atoms with E-state index >= 15 is 0 Å². The van der Waals surface area contributed by atoms with Crippen molar-refractivity contribution in [1.82, 2.24) is 9.29 Å². The highest BCUT2D eigenvalue weighted by Crippen LogP contribution is 2.31. The molecule has 4 nitrogen and oxygen atoms in total. The van der Waals surface area contributed by atoms with E-state index in [4.69, 9.17) is 0 Å². The van der Waals surface area contributed by atoms with Crippen LogP contribution >= 0.6 is 0 Å². The van der Waals surface area contributed by atoms with Crippen LogP contribution in [0.5, 0.6) is 0 Å². The van der Waals surface area contributed by atoms with Crippen molar-refractivity contribution < 1.29 is 8.42 Å². The minimum Gasteiger partial charge on any atom is -0.265 e. The van der Waals surface area contributed by atoms with Gasteiger partial charge in [-0.3, -0.25) is 4.98 Å². The van der Waals surface area contributed by atoms with E-state index in [2.05, 4.69) is 4.98 Å². The number of rotatable bonds is 2. The van der Waals surface area contributed by atoms with Crippen molar-refractivity contribution in [2.75, 3.05) is 6.54 Å². The fourth-order valence-corrected chi connectivity index (χ4v) is 2.65. The highest BCUT2D eigenvalue weighted by atomic mass is 32.2. The molecular weight excluding hydrogens is 200 g/mol. The van der Waals surface area contributed by atoms with E-state index in [1.165, 1.54) is 4.31 Å². The number of hydrogen-bond donors (Lipinski definition) is 1. The zero-order valence-corrected chi connectivity index (χ0v) is 8.56. The maximum atomic E-state index is 10.9. The molecule has 14 heavy (non-hydrogen) atoms. The van der Waals surface area contributed by atoms with E-state index in [1.807, 2.05) is 12.1 Å². The van der Waals surface area contributed by atoms with E-state index in [9.17, 15) is 8.42 Å². The van der Waals surface area contributed by atoms with Crippen molar-refractivity contribution in [3.8, 4) is 0 Å². The summed E-state index contributed by atoms with van der Waals surface area (Å²) in [6, 6.07) is 3.78. The summed E-state index contributed by atoms with van der Waals surface area (Å²) in [5.74, 6) is 0. The molecule has 0 aromatic carbocycles. The molecule has 1 aromatic heterocycles. The Labute approximate surface area is 84.7 Å². The van der Waals surface area contributed by atoms with Crippen LogP contribution in [0.15, 0.2) is 24.5 Å². The zero-order valence-electron chi connectivity index (χ0n) is 7.67. The second-order valence-corrected chi connectivity index (χ2v) is 4.33. The van der Waals surface area contributed by atoms with Crippen LogP contribution in [-0.4, -0.2) is 24.3 Å². The Bertz CT molecular complexity index is 370. The van der Waals surface area contributed by atoms with Crippen molar-refractivity contribution in [3.63, 3.8) is 0 Å². The SMILES string of the molecule is O=[SH](=O)N1CCC[C@@H]1c1ccncc1. The van der Waals surface area contributed by atoms with Crippen molar-refractivity contribution >= 4 is 10.9 Å². The highest BCUT2D eigenvalue weighted by molar-refractivity contribution is 7.69. The minimum atomic E-state index is -2.45. The summed E-state index contributed by atoms with van der Waals surface area (Å²) in [5.41, 5.74) is 1.04. The summed E-state index contributed by atoms with van der Waals surface area (Å²) in [6.07, 6.45) is 5.25. The Balaban J connectivity index is 2.26. The molecule has 5 heteroatoms. The third kappa shape index (κ3) is 1.78. The lowest BCUT2D eigenvalue weighted by Gasteiger charge is -2.17. The number of pyridine rings is 1. The van der Waals surface area contributed by atoms with Gasteiger partial charge in [0.1, 0.15) is 0 Å². The van der Waals surface area contributed by atoms with E-state index < -0.39 is 10.9 Å². The van der Waals surface area contributed by atoms with Gasteiger partial charge in [0.15, 0.2) is 0 Å². The molecule has 1 aromatic rings. The summed E-state index contributed by atoms with van der Waals surface area (Å²) in [7, 11) is -2.45. The smallest absolute Gasteiger partial charge is 0.204 e. The average Bonchev–Trinajstić information content (AvgIpc) is 2.67. The molecule has 1 atom stereocenters. The van der Waals surface area contributed by atoms with E-state index in [-0.39, 0.29) is 6.04 Å². The first kappa shape index (κ1) is 9.61. The molecule has 0 amide bonds. The van der Waals surface area contributed by atoms with E-state index in [0.717, 1.165) is 18.4 Å². The molecular formula is C9H12N2O2S. The fraction of sp³-hybridized carbons (Fsp3) is 0.444. The molecule has 1 fully saturated rings. The monoisotopic (exact) mass is 212 g/mol. The third-order valence-electron chi connectivity index (χ3n) is 2.53. The van der Waals surface area contributed by atoms with Gasteiger partial charge in [-0.2, -0.15) is 4.31 Å². The van der Waals surface area contributed by atoms with Gasteiger partial charge >= 0.3 is 0 Å². The quantitative estimate of drug-likeness (QED) is 0.736. The van der Waals surface area contributed by atoms with Gasteiger partial charge in [-0.1, -0.05) is 0 Å². The second kappa shape index (κ2) is 4.06. The topological polar surface area (TPSA) is 50.3 Å². The summed E-state index contributed by atoms with van der Waals surface area (Å²) in [4.78, 5) is 3.92. The van der Waals surface area contributed by atoms with Gasteiger partial charge in [-0.15, -0.1) is 0 Å². The van der Waals surface area contributed by atoms with Crippen LogP contribution < -0.4 is 0 Å². The molecule has 0 N–H and O–H groups in total. The maximum absolute atomic E-state index is 10.9. The molecule has 0 radical (unpaired) electrons. The Morgan fingerprint density at radius 1 is 1.36 bits per heavy atom. The largest absolute Gasteiger partial charge is 0.265 e. The number of aromatic nitrogens is 1. The van der Waals surface area contributed by atoms with E-state index in [0.29, 0.717) is 6.54 Å². The summed E-state index contributed by atoms with van der Waals surface area (Å²) >= 11 is 0. The molecule has 0 bridgehead atoms. The lowest BCUT2D eigenvalue weighted by atomic mass is 10.1. The fourth-order valence-electron chi connectivity index (χ4n) is 1.87. The molecule has 2 rings (SSSR count). The van der Waals surface area contributed by atoms with Gasteiger partial charge in [0.2, 0.25) is 10.9 Å². The van der Waals surface area contributed by atoms with Gasteiger partial charge in [0.05, 0.1) is 0 Å². The Kier molecular flexibility index (Phi) is 2.79. The van der Waals surface area contributed by atoms with Crippen molar-refractivity contribution in [1.29, 1.82) is 0 Å².